The third-order valence-electron chi connectivity index (χ3n) is 4.58. The lowest BCUT2D eigenvalue weighted by Crippen LogP contribution is -2.40. The molecule has 108 valence electrons. The Kier molecular flexibility index (Phi) is 5.23. The summed E-state index contributed by atoms with van der Waals surface area (Å²) < 4.78 is 0. The SMILES string of the molecule is O=C(O)CC1CCCN(C(=O)CCC2CCCC2)C1. The van der Waals surface area contributed by atoms with E-state index >= 15 is 0 Å². The van der Waals surface area contributed by atoms with Crippen LogP contribution in [0.1, 0.15) is 57.8 Å². The fourth-order valence-corrected chi connectivity index (χ4v) is 3.49. The van der Waals surface area contributed by atoms with Gasteiger partial charge in [0.1, 0.15) is 0 Å². The lowest BCUT2D eigenvalue weighted by Gasteiger charge is -2.32. The van der Waals surface area contributed by atoms with Gasteiger partial charge in [-0.15, -0.1) is 0 Å². The highest BCUT2D eigenvalue weighted by molar-refractivity contribution is 5.76. The highest BCUT2D eigenvalue weighted by Crippen LogP contribution is 2.29. The van der Waals surface area contributed by atoms with Gasteiger partial charge in [-0.05, 0) is 31.1 Å². The van der Waals surface area contributed by atoms with Crippen molar-refractivity contribution in [2.75, 3.05) is 13.1 Å². The summed E-state index contributed by atoms with van der Waals surface area (Å²) in [5, 5.41) is 8.83. The van der Waals surface area contributed by atoms with Crippen molar-refractivity contribution < 1.29 is 14.7 Å². The van der Waals surface area contributed by atoms with Gasteiger partial charge in [0.2, 0.25) is 5.91 Å². The van der Waals surface area contributed by atoms with E-state index in [4.69, 9.17) is 5.11 Å². The summed E-state index contributed by atoms with van der Waals surface area (Å²) in [5.41, 5.74) is 0. The molecule has 1 aliphatic heterocycles. The molecule has 4 heteroatoms. The van der Waals surface area contributed by atoms with E-state index in [0.29, 0.717) is 13.0 Å². The van der Waals surface area contributed by atoms with Gasteiger partial charge >= 0.3 is 5.97 Å². The molecule has 0 spiro atoms. The number of hydrogen-bond donors (Lipinski definition) is 1. The van der Waals surface area contributed by atoms with Gasteiger partial charge in [0, 0.05) is 25.9 Å². The van der Waals surface area contributed by atoms with Crippen LogP contribution < -0.4 is 0 Å². The van der Waals surface area contributed by atoms with Gasteiger partial charge in [-0.1, -0.05) is 25.7 Å². The Balaban J connectivity index is 1.73. The molecule has 19 heavy (non-hydrogen) atoms. The van der Waals surface area contributed by atoms with Crippen LogP contribution in [0.4, 0.5) is 0 Å². The molecule has 2 rings (SSSR count). The third kappa shape index (κ3) is 4.51. The minimum absolute atomic E-state index is 0.154. The molecule has 2 fully saturated rings. The van der Waals surface area contributed by atoms with Crippen LogP contribution in [0, 0.1) is 11.8 Å². The predicted octanol–water partition coefficient (Wildman–Crippen LogP) is 2.67. The Bertz CT molecular complexity index is 323. The van der Waals surface area contributed by atoms with Crippen molar-refractivity contribution in [3.63, 3.8) is 0 Å². The molecule has 1 saturated heterocycles. The molecule has 0 aromatic rings. The zero-order chi connectivity index (χ0) is 13.7. The number of carboxylic acids is 1. The summed E-state index contributed by atoms with van der Waals surface area (Å²) in [7, 11) is 0. The minimum atomic E-state index is -0.745. The van der Waals surface area contributed by atoms with Crippen LogP contribution in [0.5, 0.6) is 0 Å². The van der Waals surface area contributed by atoms with E-state index in [-0.39, 0.29) is 18.2 Å². The molecule has 2 aliphatic rings. The molecule has 1 atom stereocenters. The number of carboxylic acid groups (broad SMARTS) is 1. The monoisotopic (exact) mass is 267 g/mol. The zero-order valence-corrected chi connectivity index (χ0v) is 11.6. The van der Waals surface area contributed by atoms with Crippen LogP contribution in [0.15, 0.2) is 0 Å². The van der Waals surface area contributed by atoms with Crippen molar-refractivity contribution in [3.8, 4) is 0 Å². The Morgan fingerprint density at radius 3 is 2.42 bits per heavy atom. The smallest absolute Gasteiger partial charge is 0.303 e. The maximum Gasteiger partial charge on any atom is 0.303 e. The molecule has 0 aromatic heterocycles. The lowest BCUT2D eigenvalue weighted by molar-refractivity contribution is -0.140. The zero-order valence-electron chi connectivity index (χ0n) is 11.6. The average Bonchev–Trinajstić information content (AvgIpc) is 2.88. The van der Waals surface area contributed by atoms with Gasteiger partial charge in [0.15, 0.2) is 0 Å². The van der Waals surface area contributed by atoms with Crippen LogP contribution in [0.2, 0.25) is 0 Å². The molecule has 0 aromatic carbocycles. The molecule has 4 nitrogen and oxygen atoms in total. The van der Waals surface area contributed by atoms with E-state index in [1.807, 2.05) is 4.90 Å². The number of piperidine rings is 1. The van der Waals surface area contributed by atoms with Crippen LogP contribution >= 0.6 is 0 Å². The van der Waals surface area contributed by atoms with Crippen molar-refractivity contribution >= 4 is 11.9 Å². The summed E-state index contributed by atoms with van der Waals surface area (Å²) in [4.78, 5) is 24.8. The molecule has 1 unspecified atom stereocenters. The number of aliphatic carboxylic acids is 1. The highest BCUT2D eigenvalue weighted by atomic mass is 16.4. The molecule has 0 radical (unpaired) electrons. The van der Waals surface area contributed by atoms with Gasteiger partial charge in [0.25, 0.3) is 0 Å². The predicted molar refractivity (Wildman–Crippen MR) is 72.7 cm³/mol. The molecular formula is C15H25NO3. The number of amides is 1. The van der Waals surface area contributed by atoms with Crippen molar-refractivity contribution in [2.24, 2.45) is 11.8 Å². The number of carbonyl (C=O) groups is 2. The van der Waals surface area contributed by atoms with Gasteiger partial charge in [-0.2, -0.15) is 0 Å². The van der Waals surface area contributed by atoms with Crippen LogP contribution in [-0.4, -0.2) is 35.0 Å². The lowest BCUT2D eigenvalue weighted by atomic mass is 9.94. The largest absolute Gasteiger partial charge is 0.481 e. The second-order valence-corrected chi connectivity index (χ2v) is 6.14. The van der Waals surface area contributed by atoms with Gasteiger partial charge < -0.3 is 10.0 Å². The Morgan fingerprint density at radius 2 is 1.74 bits per heavy atom. The molecule has 1 aliphatic carbocycles. The topological polar surface area (TPSA) is 57.6 Å². The second-order valence-electron chi connectivity index (χ2n) is 6.14. The first-order chi connectivity index (χ1) is 9.15. The van der Waals surface area contributed by atoms with Gasteiger partial charge in [0.05, 0.1) is 0 Å². The van der Waals surface area contributed by atoms with Crippen LogP contribution in [-0.2, 0) is 9.59 Å². The number of likely N-dealkylation sites (tertiary alicyclic amines) is 1. The Hall–Kier alpha value is -1.06. The molecule has 1 saturated carbocycles. The van der Waals surface area contributed by atoms with E-state index in [2.05, 4.69) is 0 Å². The van der Waals surface area contributed by atoms with E-state index in [1.54, 1.807) is 0 Å². The van der Waals surface area contributed by atoms with Crippen molar-refractivity contribution in [1.29, 1.82) is 0 Å². The fourth-order valence-electron chi connectivity index (χ4n) is 3.49. The number of hydrogen-bond acceptors (Lipinski definition) is 2. The van der Waals surface area contributed by atoms with Gasteiger partial charge in [-0.3, -0.25) is 9.59 Å². The summed E-state index contributed by atoms with van der Waals surface area (Å²) in [6.45, 7) is 1.47. The summed E-state index contributed by atoms with van der Waals surface area (Å²) in [6, 6.07) is 0. The quantitative estimate of drug-likeness (QED) is 0.833. The number of carbonyl (C=O) groups excluding carboxylic acids is 1. The van der Waals surface area contributed by atoms with Gasteiger partial charge in [-0.25, -0.2) is 0 Å². The highest BCUT2D eigenvalue weighted by Gasteiger charge is 2.25. The van der Waals surface area contributed by atoms with E-state index < -0.39 is 5.97 Å². The normalized spacial score (nSPS) is 24.6. The first kappa shape index (κ1) is 14.4. The maximum absolute atomic E-state index is 12.2. The first-order valence-electron chi connectivity index (χ1n) is 7.64. The summed E-state index contributed by atoms with van der Waals surface area (Å²) in [5.74, 6) is 0.400. The maximum atomic E-state index is 12.2. The molecule has 1 heterocycles. The first-order valence-corrected chi connectivity index (χ1v) is 7.64. The molecule has 1 N–H and O–H groups in total. The standard InChI is InChI=1S/C15H25NO3/c17-14(8-7-12-4-1-2-5-12)16-9-3-6-13(11-16)10-15(18)19/h12-13H,1-11H2,(H,18,19). The number of rotatable bonds is 5. The van der Waals surface area contributed by atoms with E-state index in [9.17, 15) is 9.59 Å². The second kappa shape index (κ2) is 6.92. The van der Waals surface area contributed by atoms with Crippen molar-refractivity contribution in [2.45, 2.75) is 57.8 Å². The summed E-state index contributed by atoms with van der Waals surface area (Å²) >= 11 is 0. The minimum Gasteiger partial charge on any atom is -0.481 e. The average molecular weight is 267 g/mol. The fraction of sp³-hybridized carbons (Fsp3) is 0.867. The van der Waals surface area contributed by atoms with E-state index in [1.165, 1.54) is 25.7 Å². The van der Waals surface area contributed by atoms with Crippen LogP contribution in [0.25, 0.3) is 0 Å². The number of nitrogens with zero attached hydrogens (tertiary/aromatic N) is 1. The molecular weight excluding hydrogens is 242 g/mol. The van der Waals surface area contributed by atoms with Crippen molar-refractivity contribution in [3.05, 3.63) is 0 Å². The summed E-state index contributed by atoms with van der Waals surface area (Å²) in [6.07, 6.45) is 9.00. The molecule has 1 amide bonds. The van der Waals surface area contributed by atoms with Crippen LogP contribution in [0.3, 0.4) is 0 Å². The van der Waals surface area contributed by atoms with E-state index in [0.717, 1.165) is 31.7 Å². The third-order valence-corrected chi connectivity index (χ3v) is 4.58. The molecule has 0 bridgehead atoms. The Morgan fingerprint density at radius 1 is 1.05 bits per heavy atom. The van der Waals surface area contributed by atoms with Crippen molar-refractivity contribution in [1.82, 2.24) is 4.90 Å². The Labute approximate surface area is 115 Å².